The van der Waals surface area contributed by atoms with Crippen molar-refractivity contribution in [3.05, 3.63) is 46.4 Å². The van der Waals surface area contributed by atoms with Gasteiger partial charge in [0.2, 0.25) is 0 Å². The number of aromatic nitrogens is 1. The van der Waals surface area contributed by atoms with Crippen LogP contribution in [-0.4, -0.2) is 24.1 Å². The van der Waals surface area contributed by atoms with Gasteiger partial charge >= 0.3 is 0 Å². The van der Waals surface area contributed by atoms with E-state index in [1.165, 1.54) is 29.0 Å². The van der Waals surface area contributed by atoms with Gasteiger partial charge in [0, 0.05) is 48.6 Å². The van der Waals surface area contributed by atoms with E-state index >= 15 is 0 Å². The quantitative estimate of drug-likeness (QED) is 0.916. The van der Waals surface area contributed by atoms with Gasteiger partial charge in [-0.05, 0) is 48.4 Å². The van der Waals surface area contributed by atoms with Crippen molar-refractivity contribution in [2.45, 2.75) is 38.8 Å². The molecule has 2 aromatic rings. The normalized spacial score (nSPS) is 16.3. The molecule has 21 heavy (non-hydrogen) atoms. The highest BCUT2D eigenvalue weighted by Gasteiger charge is 2.19. The molecular formula is C17H23N3S. The lowest BCUT2D eigenvalue weighted by atomic mass is 10.0. The number of pyridine rings is 1. The predicted octanol–water partition coefficient (Wildman–Crippen LogP) is 3.46. The van der Waals surface area contributed by atoms with E-state index in [-0.39, 0.29) is 0 Å². The summed E-state index contributed by atoms with van der Waals surface area (Å²) in [5, 5.41) is 5.95. The Labute approximate surface area is 131 Å². The molecular weight excluding hydrogens is 278 g/mol. The Bertz CT molecular complexity index is 544. The molecule has 1 saturated heterocycles. The summed E-state index contributed by atoms with van der Waals surface area (Å²) in [6.45, 7) is 5.53. The fourth-order valence-corrected chi connectivity index (χ4v) is 3.90. The fourth-order valence-electron chi connectivity index (χ4n) is 2.97. The van der Waals surface area contributed by atoms with Gasteiger partial charge in [-0.2, -0.15) is 0 Å². The second-order valence-electron chi connectivity index (χ2n) is 5.57. The van der Waals surface area contributed by atoms with Gasteiger partial charge in [0.05, 0.1) is 0 Å². The minimum atomic E-state index is 0.648. The Hall–Kier alpha value is -1.39. The number of nitrogens with one attached hydrogen (secondary N) is 1. The first-order valence-electron chi connectivity index (χ1n) is 7.80. The Kier molecular flexibility index (Phi) is 4.88. The summed E-state index contributed by atoms with van der Waals surface area (Å²) in [6.07, 6.45) is 7.33. The van der Waals surface area contributed by atoms with E-state index in [2.05, 4.69) is 45.7 Å². The van der Waals surface area contributed by atoms with Crippen LogP contribution in [0.1, 0.15) is 30.2 Å². The summed E-state index contributed by atoms with van der Waals surface area (Å²) in [6, 6.07) is 7.11. The first-order valence-corrected chi connectivity index (χ1v) is 8.68. The van der Waals surface area contributed by atoms with Gasteiger partial charge in [-0.1, -0.05) is 6.92 Å². The second kappa shape index (κ2) is 7.05. The molecule has 0 aromatic carbocycles. The van der Waals surface area contributed by atoms with Crippen molar-refractivity contribution in [2.24, 2.45) is 0 Å². The van der Waals surface area contributed by atoms with Gasteiger partial charge < -0.3 is 10.2 Å². The first kappa shape index (κ1) is 14.5. The lowest BCUT2D eigenvalue weighted by molar-refractivity contribution is 0.415. The molecule has 1 N–H and O–H groups in total. The average Bonchev–Trinajstić information content (AvgIpc) is 3.02. The van der Waals surface area contributed by atoms with Crippen molar-refractivity contribution in [3.63, 3.8) is 0 Å². The van der Waals surface area contributed by atoms with E-state index in [1.54, 1.807) is 0 Å². The van der Waals surface area contributed by atoms with Crippen molar-refractivity contribution in [2.75, 3.05) is 18.0 Å². The Morgan fingerprint density at radius 1 is 1.24 bits per heavy atom. The smallest absolute Gasteiger partial charge is 0.0397 e. The van der Waals surface area contributed by atoms with Crippen LogP contribution in [0.3, 0.4) is 0 Å². The maximum absolute atomic E-state index is 4.09. The molecule has 2 aromatic heterocycles. The van der Waals surface area contributed by atoms with Crippen LogP contribution in [0.25, 0.3) is 0 Å². The molecule has 0 atom stereocenters. The molecule has 0 bridgehead atoms. The van der Waals surface area contributed by atoms with Crippen LogP contribution in [0.2, 0.25) is 0 Å². The third-order valence-electron chi connectivity index (χ3n) is 4.29. The van der Waals surface area contributed by atoms with Crippen LogP contribution in [0.4, 0.5) is 5.69 Å². The first-order chi connectivity index (χ1) is 10.4. The van der Waals surface area contributed by atoms with Crippen molar-refractivity contribution in [1.82, 2.24) is 10.3 Å². The van der Waals surface area contributed by atoms with E-state index < -0.39 is 0 Å². The lowest BCUT2D eigenvalue weighted by Gasteiger charge is -2.34. The third-order valence-corrected chi connectivity index (χ3v) is 5.26. The highest BCUT2D eigenvalue weighted by atomic mass is 32.1. The van der Waals surface area contributed by atoms with Crippen LogP contribution in [0.15, 0.2) is 36.0 Å². The lowest BCUT2D eigenvalue weighted by Crippen LogP contribution is -2.42. The number of anilines is 1. The van der Waals surface area contributed by atoms with Crippen LogP contribution >= 0.6 is 11.3 Å². The van der Waals surface area contributed by atoms with Crippen molar-refractivity contribution < 1.29 is 0 Å². The minimum absolute atomic E-state index is 0.648. The average molecular weight is 301 g/mol. The SMILES string of the molecule is CCc1ccsc1CNC1CCN(c2ccncc2)CC1. The Balaban J connectivity index is 1.48. The fraction of sp³-hybridized carbons (Fsp3) is 0.471. The van der Waals surface area contributed by atoms with Gasteiger partial charge in [-0.3, -0.25) is 4.98 Å². The zero-order chi connectivity index (χ0) is 14.5. The molecule has 0 amide bonds. The summed E-state index contributed by atoms with van der Waals surface area (Å²) >= 11 is 1.88. The molecule has 1 aliphatic heterocycles. The van der Waals surface area contributed by atoms with E-state index in [0.717, 1.165) is 26.1 Å². The molecule has 4 heteroatoms. The van der Waals surface area contributed by atoms with E-state index in [0.29, 0.717) is 6.04 Å². The van der Waals surface area contributed by atoms with Gasteiger partial charge in [-0.25, -0.2) is 0 Å². The van der Waals surface area contributed by atoms with Crippen LogP contribution < -0.4 is 10.2 Å². The molecule has 3 rings (SSSR count). The molecule has 3 heterocycles. The van der Waals surface area contributed by atoms with E-state index in [4.69, 9.17) is 0 Å². The molecule has 112 valence electrons. The highest BCUT2D eigenvalue weighted by Crippen LogP contribution is 2.21. The number of nitrogens with zero attached hydrogens (tertiary/aromatic N) is 2. The monoisotopic (exact) mass is 301 g/mol. The third kappa shape index (κ3) is 3.63. The number of piperidine rings is 1. The zero-order valence-corrected chi connectivity index (χ0v) is 13.4. The molecule has 0 spiro atoms. The van der Waals surface area contributed by atoms with Gasteiger partial charge in [0.15, 0.2) is 0 Å². The highest BCUT2D eigenvalue weighted by molar-refractivity contribution is 7.10. The summed E-state index contributed by atoms with van der Waals surface area (Å²) in [7, 11) is 0. The van der Waals surface area contributed by atoms with Crippen LogP contribution in [-0.2, 0) is 13.0 Å². The summed E-state index contributed by atoms with van der Waals surface area (Å²) < 4.78 is 0. The molecule has 1 fully saturated rings. The Morgan fingerprint density at radius 3 is 2.71 bits per heavy atom. The second-order valence-corrected chi connectivity index (χ2v) is 6.57. The number of hydrogen-bond acceptors (Lipinski definition) is 4. The number of hydrogen-bond donors (Lipinski definition) is 1. The topological polar surface area (TPSA) is 28.2 Å². The molecule has 0 unspecified atom stereocenters. The van der Waals surface area contributed by atoms with E-state index in [1.807, 2.05) is 23.7 Å². The zero-order valence-electron chi connectivity index (χ0n) is 12.6. The summed E-state index contributed by atoms with van der Waals surface area (Å²) in [5.74, 6) is 0. The molecule has 1 aliphatic rings. The van der Waals surface area contributed by atoms with Crippen molar-refractivity contribution in [3.8, 4) is 0 Å². The number of aryl methyl sites for hydroxylation is 1. The maximum atomic E-state index is 4.09. The predicted molar refractivity (Wildman–Crippen MR) is 90.0 cm³/mol. The largest absolute Gasteiger partial charge is 0.371 e. The van der Waals surface area contributed by atoms with Crippen LogP contribution in [0.5, 0.6) is 0 Å². The summed E-state index contributed by atoms with van der Waals surface area (Å²) in [4.78, 5) is 8.06. The molecule has 0 saturated carbocycles. The van der Waals surface area contributed by atoms with Crippen molar-refractivity contribution >= 4 is 17.0 Å². The minimum Gasteiger partial charge on any atom is -0.371 e. The number of thiophene rings is 1. The molecule has 0 aliphatic carbocycles. The Morgan fingerprint density at radius 2 is 2.00 bits per heavy atom. The van der Waals surface area contributed by atoms with Gasteiger partial charge in [0.1, 0.15) is 0 Å². The van der Waals surface area contributed by atoms with E-state index in [9.17, 15) is 0 Å². The number of rotatable bonds is 5. The van der Waals surface area contributed by atoms with Gasteiger partial charge in [-0.15, -0.1) is 11.3 Å². The maximum Gasteiger partial charge on any atom is 0.0397 e. The molecule has 0 radical (unpaired) electrons. The standard InChI is InChI=1S/C17H23N3S/c1-2-14-7-12-21-17(14)13-19-15-5-10-20(11-6-15)16-3-8-18-9-4-16/h3-4,7-9,12,15,19H,2,5-6,10-11,13H2,1H3. The van der Waals surface area contributed by atoms with Crippen molar-refractivity contribution in [1.29, 1.82) is 0 Å². The van der Waals surface area contributed by atoms with Crippen LogP contribution in [0, 0.1) is 0 Å². The molecule has 3 nitrogen and oxygen atoms in total. The summed E-state index contributed by atoms with van der Waals surface area (Å²) in [5.41, 5.74) is 2.80. The van der Waals surface area contributed by atoms with Gasteiger partial charge in [0.25, 0.3) is 0 Å².